The average Bonchev–Trinajstić information content (AvgIpc) is 2.67. The number of pyridine rings is 1. The highest BCUT2D eigenvalue weighted by Crippen LogP contribution is 2.06. The van der Waals surface area contributed by atoms with Gasteiger partial charge in [0, 0.05) is 18.3 Å². The summed E-state index contributed by atoms with van der Waals surface area (Å²) in [6, 6.07) is 3.59. The second kappa shape index (κ2) is 3.47. The van der Waals surface area contributed by atoms with Gasteiger partial charge in [-0.25, -0.2) is 9.67 Å². The summed E-state index contributed by atoms with van der Waals surface area (Å²) in [5.74, 6) is 0.735. The van der Waals surface area contributed by atoms with E-state index in [0.717, 1.165) is 11.4 Å². The average molecular weight is 189 g/mol. The van der Waals surface area contributed by atoms with Crippen LogP contribution >= 0.6 is 0 Å². The quantitative estimate of drug-likeness (QED) is 0.712. The Morgan fingerprint density at radius 1 is 1.29 bits per heavy atom. The third-order valence-corrected chi connectivity index (χ3v) is 1.88. The van der Waals surface area contributed by atoms with E-state index in [0.29, 0.717) is 12.2 Å². The zero-order valence-electron chi connectivity index (χ0n) is 7.59. The first-order valence-electron chi connectivity index (χ1n) is 4.25. The summed E-state index contributed by atoms with van der Waals surface area (Å²) in [6.45, 7) is 0.481. The first kappa shape index (κ1) is 8.71. The van der Waals surface area contributed by atoms with Crippen LogP contribution in [0.15, 0.2) is 30.7 Å². The fourth-order valence-electron chi connectivity index (χ4n) is 1.12. The van der Waals surface area contributed by atoms with E-state index in [1.165, 1.54) is 0 Å². The predicted octanol–water partition coefficient (Wildman–Crippen LogP) is 0.308. The van der Waals surface area contributed by atoms with E-state index in [9.17, 15) is 0 Å². The minimum Gasteiger partial charge on any atom is -0.397 e. The lowest BCUT2D eigenvalue weighted by Gasteiger charge is -1.99. The van der Waals surface area contributed by atoms with Gasteiger partial charge in [0.05, 0.1) is 18.1 Å². The molecule has 5 nitrogen and oxygen atoms in total. The molecule has 0 spiro atoms. The number of hydrogen-bond donors (Lipinski definition) is 2. The van der Waals surface area contributed by atoms with Gasteiger partial charge in [0.25, 0.3) is 0 Å². The van der Waals surface area contributed by atoms with Crippen LogP contribution in [0.2, 0.25) is 0 Å². The zero-order chi connectivity index (χ0) is 9.97. The van der Waals surface area contributed by atoms with Crippen molar-refractivity contribution in [3.8, 4) is 5.82 Å². The van der Waals surface area contributed by atoms with Crippen LogP contribution in [0.3, 0.4) is 0 Å². The van der Waals surface area contributed by atoms with E-state index < -0.39 is 0 Å². The summed E-state index contributed by atoms with van der Waals surface area (Å²) in [6.07, 6.45) is 5.16. The topological polar surface area (TPSA) is 82.8 Å². The van der Waals surface area contributed by atoms with Gasteiger partial charge in [-0.2, -0.15) is 5.10 Å². The lowest BCUT2D eigenvalue weighted by Crippen LogP contribution is -1.98. The molecule has 0 amide bonds. The SMILES string of the molecule is NCc1cnn(-c2ccc(N)cn2)c1. The molecule has 5 heteroatoms. The normalized spacial score (nSPS) is 10.4. The van der Waals surface area contributed by atoms with Crippen LogP contribution in [0.25, 0.3) is 5.82 Å². The van der Waals surface area contributed by atoms with Crippen LogP contribution in [0.1, 0.15) is 5.56 Å². The number of hydrogen-bond acceptors (Lipinski definition) is 4. The maximum atomic E-state index is 5.52. The van der Waals surface area contributed by atoms with Gasteiger partial charge < -0.3 is 11.5 Å². The second-order valence-corrected chi connectivity index (χ2v) is 2.95. The van der Waals surface area contributed by atoms with Crippen LogP contribution in [-0.2, 0) is 6.54 Å². The van der Waals surface area contributed by atoms with Gasteiger partial charge in [0.15, 0.2) is 5.82 Å². The Kier molecular flexibility index (Phi) is 2.16. The van der Waals surface area contributed by atoms with Gasteiger partial charge in [-0.15, -0.1) is 0 Å². The molecule has 0 aliphatic heterocycles. The van der Waals surface area contributed by atoms with E-state index in [1.807, 2.05) is 12.3 Å². The molecule has 4 N–H and O–H groups in total. The molecule has 0 atom stereocenters. The fraction of sp³-hybridized carbons (Fsp3) is 0.111. The summed E-state index contributed by atoms with van der Waals surface area (Å²) >= 11 is 0. The molecular formula is C9H11N5. The number of rotatable bonds is 2. The van der Waals surface area contributed by atoms with Gasteiger partial charge in [0.1, 0.15) is 0 Å². The summed E-state index contributed by atoms with van der Waals surface area (Å²) in [7, 11) is 0. The number of aromatic nitrogens is 3. The number of nitrogens with two attached hydrogens (primary N) is 2. The molecule has 2 aromatic heterocycles. The molecule has 0 aliphatic rings. The molecule has 0 bridgehead atoms. The standard InChI is InChI=1S/C9H11N5/c10-3-7-4-13-14(6-7)9-2-1-8(11)5-12-9/h1-2,4-6H,3,10-11H2. The van der Waals surface area contributed by atoms with Crippen molar-refractivity contribution in [3.05, 3.63) is 36.3 Å². The molecule has 0 unspecified atom stereocenters. The Labute approximate surface area is 81.4 Å². The molecule has 14 heavy (non-hydrogen) atoms. The highest BCUT2D eigenvalue weighted by Gasteiger charge is 1.99. The summed E-state index contributed by atoms with van der Waals surface area (Å²) in [5, 5.41) is 4.12. The molecule has 0 fully saturated rings. The van der Waals surface area contributed by atoms with E-state index in [1.54, 1.807) is 23.1 Å². The molecule has 2 aromatic rings. The monoisotopic (exact) mass is 189 g/mol. The number of anilines is 1. The van der Waals surface area contributed by atoms with E-state index in [2.05, 4.69) is 10.1 Å². The van der Waals surface area contributed by atoms with Gasteiger partial charge in [-0.1, -0.05) is 0 Å². The Bertz CT molecular complexity index is 417. The molecule has 0 saturated heterocycles. The largest absolute Gasteiger partial charge is 0.397 e. The van der Waals surface area contributed by atoms with Crippen LogP contribution < -0.4 is 11.5 Å². The van der Waals surface area contributed by atoms with Crippen molar-refractivity contribution in [2.45, 2.75) is 6.54 Å². The van der Waals surface area contributed by atoms with Gasteiger partial charge in [0.2, 0.25) is 0 Å². The molecule has 72 valence electrons. The Balaban J connectivity index is 2.34. The van der Waals surface area contributed by atoms with E-state index in [4.69, 9.17) is 11.5 Å². The molecule has 0 aliphatic carbocycles. The third kappa shape index (κ3) is 1.57. The molecular weight excluding hydrogens is 178 g/mol. The van der Waals surface area contributed by atoms with Gasteiger partial charge in [-0.05, 0) is 12.1 Å². The van der Waals surface area contributed by atoms with Crippen molar-refractivity contribution in [2.75, 3.05) is 5.73 Å². The summed E-state index contributed by atoms with van der Waals surface area (Å²) in [5.41, 5.74) is 12.6. The Hall–Kier alpha value is -1.88. The van der Waals surface area contributed by atoms with Crippen molar-refractivity contribution in [1.29, 1.82) is 0 Å². The molecule has 0 saturated carbocycles. The molecule has 0 aromatic carbocycles. The van der Waals surface area contributed by atoms with E-state index >= 15 is 0 Å². The minimum absolute atomic E-state index is 0.481. The lowest BCUT2D eigenvalue weighted by atomic mass is 10.4. The van der Waals surface area contributed by atoms with Crippen LogP contribution in [0.5, 0.6) is 0 Å². The first-order valence-corrected chi connectivity index (χ1v) is 4.25. The number of nitrogens with zero attached hydrogens (tertiary/aromatic N) is 3. The van der Waals surface area contributed by atoms with Crippen LogP contribution in [-0.4, -0.2) is 14.8 Å². The van der Waals surface area contributed by atoms with Crippen LogP contribution in [0.4, 0.5) is 5.69 Å². The lowest BCUT2D eigenvalue weighted by molar-refractivity contribution is 0.846. The first-order chi connectivity index (χ1) is 6.79. The zero-order valence-corrected chi connectivity index (χ0v) is 7.59. The van der Waals surface area contributed by atoms with E-state index in [-0.39, 0.29) is 0 Å². The van der Waals surface area contributed by atoms with Crippen molar-refractivity contribution >= 4 is 5.69 Å². The smallest absolute Gasteiger partial charge is 0.153 e. The highest BCUT2D eigenvalue weighted by atomic mass is 15.3. The maximum absolute atomic E-state index is 5.52. The maximum Gasteiger partial charge on any atom is 0.153 e. The third-order valence-electron chi connectivity index (χ3n) is 1.88. The van der Waals surface area contributed by atoms with Crippen molar-refractivity contribution < 1.29 is 0 Å². The summed E-state index contributed by atoms with van der Waals surface area (Å²) < 4.78 is 1.67. The molecule has 2 heterocycles. The predicted molar refractivity (Wildman–Crippen MR) is 53.7 cm³/mol. The molecule has 2 rings (SSSR count). The second-order valence-electron chi connectivity index (χ2n) is 2.95. The van der Waals surface area contributed by atoms with Crippen molar-refractivity contribution in [1.82, 2.24) is 14.8 Å². The number of nitrogen functional groups attached to an aromatic ring is 1. The van der Waals surface area contributed by atoms with Crippen molar-refractivity contribution in [3.63, 3.8) is 0 Å². The highest BCUT2D eigenvalue weighted by molar-refractivity contribution is 5.38. The summed E-state index contributed by atoms with van der Waals surface area (Å²) in [4.78, 5) is 4.13. The fourth-order valence-corrected chi connectivity index (χ4v) is 1.12. The molecule has 0 radical (unpaired) electrons. The van der Waals surface area contributed by atoms with Gasteiger partial charge in [-0.3, -0.25) is 0 Å². The van der Waals surface area contributed by atoms with Crippen LogP contribution in [0, 0.1) is 0 Å². The Morgan fingerprint density at radius 3 is 2.71 bits per heavy atom. The van der Waals surface area contributed by atoms with Crippen molar-refractivity contribution in [2.24, 2.45) is 5.73 Å². The Morgan fingerprint density at radius 2 is 2.14 bits per heavy atom. The van der Waals surface area contributed by atoms with Gasteiger partial charge >= 0.3 is 0 Å². The minimum atomic E-state index is 0.481.